The van der Waals surface area contributed by atoms with E-state index in [1.54, 1.807) is 37.5 Å². The third-order valence-corrected chi connectivity index (χ3v) is 7.41. The summed E-state index contributed by atoms with van der Waals surface area (Å²) in [6.45, 7) is 10.3. The van der Waals surface area contributed by atoms with Crippen LogP contribution in [0.4, 0.5) is 15.0 Å². The van der Waals surface area contributed by atoms with E-state index in [-0.39, 0.29) is 24.9 Å². The lowest BCUT2D eigenvalue weighted by molar-refractivity contribution is -0.122. The molecule has 0 saturated carbocycles. The van der Waals surface area contributed by atoms with Crippen molar-refractivity contribution in [2.24, 2.45) is 0 Å². The Kier molecular flexibility index (Phi) is 7.31. The van der Waals surface area contributed by atoms with E-state index in [0.29, 0.717) is 53.4 Å². The fraction of sp³-hybridized carbons (Fsp3) is 0.462. The molecular weight excluding hydrogens is 539 g/mol. The highest BCUT2D eigenvalue weighted by Gasteiger charge is 2.39. The van der Waals surface area contributed by atoms with Crippen molar-refractivity contribution >= 4 is 35.3 Å². The lowest BCUT2D eigenvalue weighted by Gasteiger charge is -2.38. The van der Waals surface area contributed by atoms with Gasteiger partial charge in [-0.15, -0.1) is 0 Å². The van der Waals surface area contributed by atoms with Crippen LogP contribution < -0.4 is 10.3 Å². The third kappa shape index (κ3) is 5.54. The van der Waals surface area contributed by atoms with Gasteiger partial charge in [0.25, 0.3) is 5.91 Å². The third-order valence-electron chi connectivity index (χ3n) is 6.61. The first-order valence-electron chi connectivity index (χ1n) is 12.9. The molecule has 40 heavy (non-hydrogen) atoms. The highest BCUT2D eigenvalue weighted by atomic mass is 32.1. The first-order valence-corrected chi connectivity index (χ1v) is 13.7. The van der Waals surface area contributed by atoms with Crippen LogP contribution in [0.5, 0.6) is 0 Å². The maximum Gasteiger partial charge on any atom is 0.422 e. The molecule has 1 fully saturated rings. The number of aromatic nitrogens is 4. The Bertz CT molecular complexity index is 1450. The molecule has 14 heteroatoms. The number of anilines is 1. The molecule has 1 saturated heterocycles. The predicted octanol–water partition coefficient (Wildman–Crippen LogP) is 3.15. The number of fused-ring (bicyclic) bond motifs is 1. The maximum absolute atomic E-state index is 13.5. The second-order valence-electron chi connectivity index (χ2n) is 10.7. The van der Waals surface area contributed by atoms with Gasteiger partial charge in [-0.3, -0.25) is 19.9 Å². The molecule has 5 rings (SSSR count). The van der Waals surface area contributed by atoms with Gasteiger partial charge in [0.2, 0.25) is 5.91 Å². The lowest BCUT2D eigenvalue weighted by atomic mass is 10.1. The molecule has 1 aromatic carbocycles. The summed E-state index contributed by atoms with van der Waals surface area (Å²) in [4.78, 5) is 51.7. The minimum atomic E-state index is -0.668. The summed E-state index contributed by atoms with van der Waals surface area (Å²) in [5.41, 5.74) is 3.04. The second kappa shape index (κ2) is 10.6. The predicted molar refractivity (Wildman–Crippen MR) is 145 cm³/mol. The van der Waals surface area contributed by atoms with E-state index in [1.807, 2.05) is 11.5 Å². The minimum absolute atomic E-state index is 0.0780. The summed E-state index contributed by atoms with van der Waals surface area (Å²) in [5, 5.41) is 2.13. The molecule has 0 spiro atoms. The SMILES string of the molecule is Cc1nsc(-c2nc(N3CCN(NC(=O)OC(C)(C)C)CC3=O)c3n2CCN(C(=O)c2ccc(F)cc2)[C@@H]3C)n1. The number of nitrogens with one attached hydrogen (secondary N) is 1. The van der Waals surface area contributed by atoms with Crippen molar-refractivity contribution in [3.8, 4) is 10.8 Å². The molecular formula is C26H31FN8O4S. The van der Waals surface area contributed by atoms with E-state index < -0.39 is 23.6 Å². The normalized spacial score (nSPS) is 18.1. The maximum atomic E-state index is 13.5. The second-order valence-corrected chi connectivity index (χ2v) is 11.5. The van der Waals surface area contributed by atoms with Crippen LogP contribution in [0.2, 0.25) is 0 Å². The van der Waals surface area contributed by atoms with Crippen LogP contribution in [-0.2, 0) is 16.1 Å². The van der Waals surface area contributed by atoms with Gasteiger partial charge in [0.1, 0.15) is 17.2 Å². The Hall–Kier alpha value is -3.91. The van der Waals surface area contributed by atoms with Crippen molar-refractivity contribution in [3.05, 3.63) is 47.2 Å². The molecule has 1 atom stereocenters. The van der Waals surface area contributed by atoms with Gasteiger partial charge >= 0.3 is 6.09 Å². The number of hydrazine groups is 1. The summed E-state index contributed by atoms with van der Waals surface area (Å²) < 4.78 is 25.1. The molecule has 1 N–H and O–H groups in total. The summed E-state index contributed by atoms with van der Waals surface area (Å²) in [6, 6.07) is 5.01. The highest BCUT2D eigenvalue weighted by molar-refractivity contribution is 7.09. The fourth-order valence-electron chi connectivity index (χ4n) is 4.85. The Labute approximate surface area is 234 Å². The zero-order valence-corrected chi connectivity index (χ0v) is 23.8. The topological polar surface area (TPSA) is 126 Å². The number of nitrogens with zero attached hydrogens (tertiary/aromatic N) is 7. The van der Waals surface area contributed by atoms with Gasteiger partial charge in [0, 0.05) is 31.7 Å². The molecule has 0 radical (unpaired) electrons. The van der Waals surface area contributed by atoms with E-state index in [4.69, 9.17) is 9.72 Å². The molecule has 12 nitrogen and oxygen atoms in total. The van der Waals surface area contributed by atoms with Gasteiger partial charge in [-0.2, -0.15) is 4.37 Å². The summed E-state index contributed by atoms with van der Waals surface area (Å²) in [5.74, 6) is 0.717. The van der Waals surface area contributed by atoms with Crippen LogP contribution in [-0.4, -0.2) is 78.5 Å². The van der Waals surface area contributed by atoms with Gasteiger partial charge in [0.15, 0.2) is 16.6 Å². The number of hydrogen-bond acceptors (Lipinski definition) is 9. The number of carbonyl (C=O) groups is 3. The van der Waals surface area contributed by atoms with Crippen LogP contribution in [0.15, 0.2) is 24.3 Å². The number of rotatable bonds is 4. The number of aryl methyl sites for hydroxylation is 1. The van der Waals surface area contributed by atoms with Gasteiger partial charge in [0.05, 0.1) is 18.3 Å². The fourth-order valence-corrected chi connectivity index (χ4v) is 5.52. The summed E-state index contributed by atoms with van der Waals surface area (Å²) in [6.07, 6.45) is -0.634. The molecule has 2 aromatic heterocycles. The van der Waals surface area contributed by atoms with Crippen molar-refractivity contribution in [2.45, 2.75) is 52.8 Å². The number of halogens is 1. The van der Waals surface area contributed by atoms with Gasteiger partial charge in [-0.05, 0) is 70.4 Å². The number of carbonyl (C=O) groups excluding carboxylic acids is 3. The molecule has 0 bridgehead atoms. The van der Waals surface area contributed by atoms with E-state index in [2.05, 4.69) is 14.8 Å². The van der Waals surface area contributed by atoms with Crippen molar-refractivity contribution in [1.29, 1.82) is 0 Å². The van der Waals surface area contributed by atoms with Gasteiger partial charge < -0.3 is 14.2 Å². The number of benzene rings is 1. The standard InChI is InChI=1S/C26H31FN8O4S/c1-15-20-21(34-11-10-32(14-19(34)36)30-25(38)39-26(3,4)5)29-22(23-28-16(2)31-40-23)35(20)13-12-33(15)24(37)17-6-8-18(27)9-7-17/h6-9,15H,10-14H2,1-5H3,(H,30,38)/t15-/m1/s1. The van der Waals surface area contributed by atoms with Crippen LogP contribution in [0.25, 0.3) is 10.8 Å². The monoisotopic (exact) mass is 570 g/mol. The Balaban J connectivity index is 1.44. The van der Waals surface area contributed by atoms with Crippen molar-refractivity contribution in [3.63, 3.8) is 0 Å². The smallest absolute Gasteiger partial charge is 0.422 e. The van der Waals surface area contributed by atoms with Crippen molar-refractivity contribution < 1.29 is 23.5 Å². The first kappa shape index (κ1) is 27.6. The van der Waals surface area contributed by atoms with Crippen molar-refractivity contribution in [1.82, 2.24) is 34.2 Å². The van der Waals surface area contributed by atoms with Crippen LogP contribution in [0.3, 0.4) is 0 Å². The molecule has 3 aromatic rings. The molecule has 212 valence electrons. The highest BCUT2D eigenvalue weighted by Crippen LogP contribution is 2.38. The lowest BCUT2D eigenvalue weighted by Crippen LogP contribution is -2.57. The van der Waals surface area contributed by atoms with Crippen LogP contribution in [0.1, 0.15) is 55.6 Å². The minimum Gasteiger partial charge on any atom is -0.443 e. The Morgan fingerprint density at radius 3 is 2.45 bits per heavy atom. The number of amides is 3. The van der Waals surface area contributed by atoms with Crippen molar-refractivity contribution in [2.75, 3.05) is 31.1 Å². The Morgan fingerprint density at radius 2 is 1.82 bits per heavy atom. The van der Waals surface area contributed by atoms with Gasteiger partial charge in [-0.1, -0.05) is 0 Å². The molecule has 0 aliphatic carbocycles. The van der Waals surface area contributed by atoms with E-state index >= 15 is 0 Å². The molecule has 2 aliphatic rings. The quantitative estimate of drug-likeness (QED) is 0.507. The van der Waals surface area contributed by atoms with Gasteiger partial charge in [-0.25, -0.2) is 24.2 Å². The number of piperazine rings is 1. The number of ether oxygens (including phenoxy) is 1. The molecule has 2 aliphatic heterocycles. The van der Waals surface area contributed by atoms with E-state index in [1.165, 1.54) is 40.8 Å². The molecule has 4 heterocycles. The number of imidazole rings is 1. The molecule has 3 amide bonds. The zero-order valence-electron chi connectivity index (χ0n) is 23.0. The van der Waals surface area contributed by atoms with Crippen LogP contribution >= 0.6 is 11.5 Å². The summed E-state index contributed by atoms with van der Waals surface area (Å²) >= 11 is 1.22. The zero-order chi connectivity index (χ0) is 28.8. The van der Waals surface area contributed by atoms with Crippen LogP contribution in [0, 0.1) is 12.7 Å². The first-order chi connectivity index (χ1) is 18.9. The van der Waals surface area contributed by atoms with E-state index in [9.17, 15) is 18.8 Å². The molecule has 0 unspecified atom stereocenters. The largest absolute Gasteiger partial charge is 0.443 e. The average molecular weight is 571 g/mol. The average Bonchev–Trinajstić information content (AvgIpc) is 3.47. The van der Waals surface area contributed by atoms with E-state index in [0.717, 1.165) is 0 Å². The number of hydrogen-bond donors (Lipinski definition) is 1. The summed E-state index contributed by atoms with van der Waals surface area (Å²) in [7, 11) is 0. The Morgan fingerprint density at radius 1 is 1.10 bits per heavy atom.